The highest BCUT2D eigenvalue weighted by molar-refractivity contribution is 5.69. The molecule has 0 amide bonds. The Morgan fingerprint density at radius 1 is 1.54 bits per heavy atom. The first-order valence-electron chi connectivity index (χ1n) is 4.59. The Morgan fingerprint density at radius 2 is 2.23 bits per heavy atom. The lowest BCUT2D eigenvalue weighted by Crippen LogP contribution is -2.27. The SMILES string of the molecule is CCNCC(C)OCCC(=O)OC. The summed E-state index contributed by atoms with van der Waals surface area (Å²) in [5, 5.41) is 3.16. The summed E-state index contributed by atoms with van der Waals surface area (Å²) >= 11 is 0. The third-order valence-electron chi connectivity index (χ3n) is 1.62. The van der Waals surface area contributed by atoms with E-state index in [0.717, 1.165) is 13.1 Å². The van der Waals surface area contributed by atoms with Crippen molar-refractivity contribution in [1.82, 2.24) is 5.32 Å². The van der Waals surface area contributed by atoms with Crippen LogP contribution in [0.1, 0.15) is 20.3 Å². The molecule has 0 aromatic heterocycles. The minimum atomic E-state index is -0.226. The topological polar surface area (TPSA) is 47.6 Å². The second-order valence-electron chi connectivity index (χ2n) is 2.82. The molecular formula is C9H19NO3. The molecule has 0 aromatic carbocycles. The Morgan fingerprint density at radius 3 is 2.77 bits per heavy atom. The quantitative estimate of drug-likeness (QED) is 0.595. The molecule has 0 saturated carbocycles. The van der Waals surface area contributed by atoms with E-state index < -0.39 is 0 Å². The lowest BCUT2D eigenvalue weighted by atomic mass is 10.4. The zero-order chi connectivity index (χ0) is 10.1. The van der Waals surface area contributed by atoms with Gasteiger partial charge in [0.25, 0.3) is 0 Å². The summed E-state index contributed by atoms with van der Waals surface area (Å²) in [6.07, 6.45) is 0.470. The van der Waals surface area contributed by atoms with Gasteiger partial charge in [-0.2, -0.15) is 0 Å². The highest BCUT2D eigenvalue weighted by Crippen LogP contribution is 1.92. The second kappa shape index (κ2) is 8.01. The van der Waals surface area contributed by atoms with Gasteiger partial charge in [0, 0.05) is 6.54 Å². The lowest BCUT2D eigenvalue weighted by molar-refractivity contribution is -0.142. The van der Waals surface area contributed by atoms with Crippen molar-refractivity contribution in [2.75, 3.05) is 26.8 Å². The van der Waals surface area contributed by atoms with E-state index in [2.05, 4.69) is 10.1 Å². The van der Waals surface area contributed by atoms with Gasteiger partial charge in [0.05, 0.1) is 26.2 Å². The first-order chi connectivity index (χ1) is 6.20. The molecule has 0 aromatic rings. The molecule has 0 aliphatic heterocycles. The molecule has 0 aliphatic rings. The lowest BCUT2D eigenvalue weighted by Gasteiger charge is -2.12. The Hall–Kier alpha value is -0.610. The van der Waals surface area contributed by atoms with Crippen LogP contribution in [0.5, 0.6) is 0 Å². The maximum absolute atomic E-state index is 10.7. The summed E-state index contributed by atoms with van der Waals surface area (Å²) in [6.45, 7) is 6.20. The number of hydrogen-bond acceptors (Lipinski definition) is 4. The molecule has 0 radical (unpaired) electrons. The fourth-order valence-electron chi connectivity index (χ4n) is 0.852. The number of carbonyl (C=O) groups excluding carboxylic acids is 1. The van der Waals surface area contributed by atoms with Crippen LogP contribution in [0.2, 0.25) is 0 Å². The van der Waals surface area contributed by atoms with Crippen LogP contribution in [0.15, 0.2) is 0 Å². The van der Waals surface area contributed by atoms with Gasteiger partial charge in [0.2, 0.25) is 0 Å². The summed E-state index contributed by atoms with van der Waals surface area (Å²) in [4.78, 5) is 10.7. The number of rotatable bonds is 7. The van der Waals surface area contributed by atoms with E-state index in [1.807, 2.05) is 13.8 Å². The van der Waals surface area contributed by atoms with Crippen molar-refractivity contribution in [2.24, 2.45) is 0 Å². The van der Waals surface area contributed by atoms with Crippen molar-refractivity contribution >= 4 is 5.97 Å². The molecule has 13 heavy (non-hydrogen) atoms. The van der Waals surface area contributed by atoms with E-state index in [1.54, 1.807) is 0 Å². The first-order valence-corrected chi connectivity index (χ1v) is 4.59. The molecule has 78 valence electrons. The molecule has 0 saturated heterocycles. The number of ether oxygens (including phenoxy) is 2. The summed E-state index contributed by atoms with van der Waals surface area (Å²) in [6, 6.07) is 0. The number of carbonyl (C=O) groups is 1. The Kier molecular flexibility index (Phi) is 7.63. The Labute approximate surface area is 79.6 Å². The van der Waals surface area contributed by atoms with Crippen molar-refractivity contribution in [3.8, 4) is 0 Å². The van der Waals surface area contributed by atoms with E-state index in [9.17, 15) is 4.79 Å². The molecule has 0 spiro atoms. The van der Waals surface area contributed by atoms with Crippen molar-refractivity contribution < 1.29 is 14.3 Å². The van der Waals surface area contributed by atoms with Crippen LogP contribution in [-0.4, -0.2) is 38.9 Å². The maximum atomic E-state index is 10.7. The van der Waals surface area contributed by atoms with Crippen LogP contribution in [0.3, 0.4) is 0 Å². The summed E-state index contributed by atoms with van der Waals surface area (Å²) in [5.41, 5.74) is 0. The number of nitrogens with one attached hydrogen (secondary N) is 1. The van der Waals surface area contributed by atoms with Crippen LogP contribution in [0, 0.1) is 0 Å². The maximum Gasteiger partial charge on any atom is 0.307 e. The van der Waals surface area contributed by atoms with E-state index >= 15 is 0 Å². The average Bonchev–Trinajstić information content (AvgIpc) is 2.14. The number of likely N-dealkylation sites (N-methyl/N-ethyl adjacent to an activating group) is 1. The van der Waals surface area contributed by atoms with Gasteiger partial charge in [-0.1, -0.05) is 6.92 Å². The largest absolute Gasteiger partial charge is 0.469 e. The van der Waals surface area contributed by atoms with E-state index in [1.165, 1.54) is 7.11 Å². The number of methoxy groups -OCH3 is 1. The monoisotopic (exact) mass is 189 g/mol. The van der Waals surface area contributed by atoms with Crippen molar-refractivity contribution in [3.05, 3.63) is 0 Å². The molecule has 0 rings (SSSR count). The minimum absolute atomic E-state index is 0.143. The molecule has 1 N–H and O–H groups in total. The van der Waals surface area contributed by atoms with Gasteiger partial charge in [-0.15, -0.1) is 0 Å². The van der Waals surface area contributed by atoms with Crippen LogP contribution in [0.25, 0.3) is 0 Å². The van der Waals surface area contributed by atoms with Crippen molar-refractivity contribution in [2.45, 2.75) is 26.4 Å². The molecule has 0 bridgehead atoms. The van der Waals surface area contributed by atoms with Crippen LogP contribution in [0.4, 0.5) is 0 Å². The molecule has 1 atom stereocenters. The van der Waals surface area contributed by atoms with Gasteiger partial charge in [-0.25, -0.2) is 0 Å². The summed E-state index contributed by atoms with van der Waals surface area (Å²) < 4.78 is 9.83. The van der Waals surface area contributed by atoms with Gasteiger partial charge >= 0.3 is 5.97 Å². The predicted octanol–water partition coefficient (Wildman–Crippen LogP) is 0.564. The first kappa shape index (κ1) is 12.4. The fourth-order valence-corrected chi connectivity index (χ4v) is 0.852. The molecule has 1 unspecified atom stereocenters. The molecule has 0 fully saturated rings. The third kappa shape index (κ3) is 7.74. The fraction of sp³-hybridized carbons (Fsp3) is 0.889. The normalized spacial score (nSPS) is 12.5. The molecule has 0 heterocycles. The van der Waals surface area contributed by atoms with Crippen LogP contribution >= 0.6 is 0 Å². The van der Waals surface area contributed by atoms with Crippen LogP contribution < -0.4 is 5.32 Å². The van der Waals surface area contributed by atoms with Gasteiger partial charge in [0.15, 0.2) is 0 Å². The Bertz CT molecular complexity index is 139. The van der Waals surface area contributed by atoms with E-state index in [0.29, 0.717) is 13.0 Å². The zero-order valence-electron chi connectivity index (χ0n) is 8.63. The highest BCUT2D eigenvalue weighted by atomic mass is 16.5. The number of hydrogen-bond donors (Lipinski definition) is 1. The average molecular weight is 189 g/mol. The van der Waals surface area contributed by atoms with E-state index in [4.69, 9.17) is 4.74 Å². The standard InChI is InChI=1S/C9H19NO3/c1-4-10-7-8(2)13-6-5-9(11)12-3/h8,10H,4-7H2,1-3H3. The van der Waals surface area contributed by atoms with Gasteiger partial charge in [0.1, 0.15) is 0 Å². The predicted molar refractivity (Wildman–Crippen MR) is 50.6 cm³/mol. The highest BCUT2D eigenvalue weighted by Gasteiger charge is 2.03. The van der Waals surface area contributed by atoms with Gasteiger partial charge in [-0.05, 0) is 13.5 Å². The second-order valence-corrected chi connectivity index (χ2v) is 2.82. The van der Waals surface area contributed by atoms with E-state index in [-0.39, 0.29) is 12.1 Å². The zero-order valence-corrected chi connectivity index (χ0v) is 8.63. The molecular weight excluding hydrogens is 170 g/mol. The van der Waals surface area contributed by atoms with Gasteiger partial charge in [-0.3, -0.25) is 4.79 Å². The number of esters is 1. The molecule has 0 aliphatic carbocycles. The van der Waals surface area contributed by atoms with Crippen molar-refractivity contribution in [1.29, 1.82) is 0 Å². The van der Waals surface area contributed by atoms with Crippen molar-refractivity contribution in [3.63, 3.8) is 0 Å². The van der Waals surface area contributed by atoms with Gasteiger partial charge < -0.3 is 14.8 Å². The summed E-state index contributed by atoms with van der Waals surface area (Å²) in [5.74, 6) is -0.226. The smallest absolute Gasteiger partial charge is 0.307 e. The van der Waals surface area contributed by atoms with Crippen LogP contribution in [-0.2, 0) is 14.3 Å². The third-order valence-corrected chi connectivity index (χ3v) is 1.62. The summed E-state index contributed by atoms with van der Waals surface area (Å²) in [7, 11) is 1.38. The molecule has 4 heteroatoms. The Balaban J connectivity index is 3.26. The molecule has 4 nitrogen and oxygen atoms in total. The minimum Gasteiger partial charge on any atom is -0.469 e.